The summed E-state index contributed by atoms with van der Waals surface area (Å²) in [5.74, 6) is -0.237. The Hall–Kier alpha value is -5.09. The predicted octanol–water partition coefficient (Wildman–Crippen LogP) is 8.89. The molecule has 6 aromatic rings. The van der Waals surface area contributed by atoms with Crippen molar-refractivity contribution in [2.45, 2.75) is 13.3 Å². The van der Waals surface area contributed by atoms with E-state index in [1.165, 1.54) is 12.1 Å². The number of hydrogen-bond acceptors (Lipinski definition) is 3. The van der Waals surface area contributed by atoms with Gasteiger partial charge in [-0.15, -0.1) is 0 Å². The Kier molecular flexibility index (Phi) is 5.97. The maximum Gasteiger partial charge on any atom is 0.125 e. The lowest BCUT2D eigenvalue weighted by molar-refractivity contribution is 0.476. The summed E-state index contributed by atoms with van der Waals surface area (Å²) < 4.78 is 37.9. The molecule has 40 heavy (non-hydrogen) atoms. The van der Waals surface area contributed by atoms with Crippen molar-refractivity contribution in [2.24, 2.45) is 0 Å². The minimum Gasteiger partial charge on any atom is -0.507 e. The molecule has 0 aliphatic rings. The van der Waals surface area contributed by atoms with Gasteiger partial charge >= 0.3 is 0 Å². The Morgan fingerprint density at radius 1 is 0.675 bits per heavy atom. The Morgan fingerprint density at radius 2 is 1.43 bits per heavy atom. The van der Waals surface area contributed by atoms with E-state index in [9.17, 15) is 9.50 Å². The average molecular weight is 526 g/mol. The SMILES string of the molecule is [2H]C([2H])([2H])c1cc(-c2ccc(-c3ccccc3)cn2)cc(-c2cccc(-c3c(O)cccc3Cc3ccc(F)cc3)n2)c1. The number of rotatable bonds is 6. The summed E-state index contributed by atoms with van der Waals surface area (Å²) in [4.78, 5) is 9.53. The number of nitrogens with zero attached hydrogens (tertiary/aromatic N) is 2. The van der Waals surface area contributed by atoms with Crippen LogP contribution in [0.3, 0.4) is 0 Å². The number of aromatic hydroxyl groups is 1. The number of pyridine rings is 2. The summed E-state index contributed by atoms with van der Waals surface area (Å²) in [7, 11) is 0. The van der Waals surface area contributed by atoms with Crippen LogP contribution >= 0.6 is 0 Å². The maximum atomic E-state index is 13.5. The monoisotopic (exact) mass is 525 g/mol. The lowest BCUT2D eigenvalue weighted by atomic mass is 9.96. The molecule has 0 aliphatic carbocycles. The molecule has 0 atom stereocenters. The molecule has 1 N–H and O–H groups in total. The molecule has 4 heteroatoms. The Bertz CT molecular complexity index is 1890. The highest BCUT2D eigenvalue weighted by molar-refractivity contribution is 5.76. The molecule has 0 saturated heterocycles. The molecule has 0 saturated carbocycles. The summed E-state index contributed by atoms with van der Waals surface area (Å²) in [6, 6.07) is 35.9. The van der Waals surface area contributed by atoms with E-state index in [0.29, 0.717) is 40.2 Å². The molecule has 0 aliphatic heterocycles. The summed E-state index contributed by atoms with van der Waals surface area (Å²) >= 11 is 0. The van der Waals surface area contributed by atoms with E-state index in [0.717, 1.165) is 22.3 Å². The molecule has 0 fully saturated rings. The van der Waals surface area contributed by atoms with Crippen LogP contribution in [0, 0.1) is 12.7 Å². The Labute approximate surface area is 237 Å². The largest absolute Gasteiger partial charge is 0.507 e. The van der Waals surface area contributed by atoms with Gasteiger partial charge < -0.3 is 5.11 Å². The number of halogens is 1. The molecular formula is C36H27FN2O. The molecule has 6 rings (SSSR count). The highest BCUT2D eigenvalue weighted by Gasteiger charge is 2.14. The second-order valence-electron chi connectivity index (χ2n) is 9.62. The lowest BCUT2D eigenvalue weighted by Gasteiger charge is -2.13. The molecular weight excluding hydrogens is 495 g/mol. The number of aryl methyl sites for hydroxylation is 1. The zero-order chi connectivity index (χ0) is 30.0. The Morgan fingerprint density at radius 3 is 2.17 bits per heavy atom. The van der Waals surface area contributed by atoms with E-state index in [-0.39, 0.29) is 17.1 Å². The molecule has 2 aromatic heterocycles. The normalized spacial score (nSPS) is 12.4. The summed E-state index contributed by atoms with van der Waals surface area (Å²) in [5.41, 5.74) is 7.50. The van der Waals surface area contributed by atoms with Crippen LogP contribution in [0.15, 0.2) is 128 Å². The maximum absolute atomic E-state index is 13.5. The summed E-state index contributed by atoms with van der Waals surface area (Å²) in [6.07, 6.45) is 2.26. The van der Waals surface area contributed by atoms with Gasteiger partial charge in [0.05, 0.1) is 17.1 Å². The van der Waals surface area contributed by atoms with Gasteiger partial charge in [-0.2, -0.15) is 0 Å². The minimum atomic E-state index is -2.34. The van der Waals surface area contributed by atoms with Crippen LogP contribution in [0.2, 0.25) is 0 Å². The number of aromatic nitrogens is 2. The van der Waals surface area contributed by atoms with Crippen LogP contribution in [0.25, 0.3) is 44.9 Å². The third kappa shape index (κ3) is 5.38. The Balaban J connectivity index is 1.41. The first-order valence-corrected chi connectivity index (χ1v) is 13.0. The summed E-state index contributed by atoms with van der Waals surface area (Å²) in [5, 5.41) is 10.9. The quantitative estimate of drug-likeness (QED) is 0.236. The molecule has 194 valence electrons. The van der Waals surface area contributed by atoms with E-state index >= 15 is 0 Å². The fourth-order valence-electron chi connectivity index (χ4n) is 4.88. The van der Waals surface area contributed by atoms with Crippen molar-refractivity contribution in [3.8, 4) is 50.6 Å². The molecule has 3 nitrogen and oxygen atoms in total. The molecule has 2 heterocycles. The van der Waals surface area contributed by atoms with Gasteiger partial charge in [0.15, 0.2) is 0 Å². The number of benzene rings is 4. The van der Waals surface area contributed by atoms with E-state index in [2.05, 4.69) is 4.98 Å². The first-order valence-electron chi connectivity index (χ1n) is 14.5. The lowest BCUT2D eigenvalue weighted by Crippen LogP contribution is -1.96. The van der Waals surface area contributed by atoms with Crippen molar-refractivity contribution < 1.29 is 13.6 Å². The van der Waals surface area contributed by atoms with Crippen molar-refractivity contribution in [1.82, 2.24) is 9.97 Å². The zero-order valence-electron chi connectivity index (χ0n) is 24.6. The highest BCUT2D eigenvalue weighted by Crippen LogP contribution is 2.35. The van der Waals surface area contributed by atoms with Gasteiger partial charge in [-0.05, 0) is 90.1 Å². The third-order valence-electron chi connectivity index (χ3n) is 6.84. The number of hydrogen-bond donors (Lipinski definition) is 1. The topological polar surface area (TPSA) is 46.0 Å². The van der Waals surface area contributed by atoms with E-state index in [4.69, 9.17) is 9.10 Å². The van der Waals surface area contributed by atoms with Crippen molar-refractivity contribution in [2.75, 3.05) is 0 Å². The molecule has 4 aromatic carbocycles. The highest BCUT2D eigenvalue weighted by atomic mass is 19.1. The van der Waals surface area contributed by atoms with Crippen LogP contribution < -0.4 is 0 Å². The van der Waals surface area contributed by atoms with Crippen LogP contribution in [0.4, 0.5) is 4.39 Å². The van der Waals surface area contributed by atoms with Crippen molar-refractivity contribution in [3.63, 3.8) is 0 Å². The molecule has 0 amide bonds. The second-order valence-corrected chi connectivity index (χ2v) is 9.62. The van der Waals surface area contributed by atoms with Crippen molar-refractivity contribution in [3.05, 3.63) is 150 Å². The van der Waals surface area contributed by atoms with Crippen LogP contribution in [-0.2, 0) is 6.42 Å². The number of phenols is 1. The van der Waals surface area contributed by atoms with Gasteiger partial charge in [-0.3, -0.25) is 4.98 Å². The first-order chi connectivity index (χ1) is 20.7. The van der Waals surface area contributed by atoms with Crippen LogP contribution in [0.1, 0.15) is 20.8 Å². The fourth-order valence-corrected chi connectivity index (χ4v) is 4.88. The zero-order valence-corrected chi connectivity index (χ0v) is 21.6. The van der Waals surface area contributed by atoms with Gasteiger partial charge in [0.1, 0.15) is 11.6 Å². The molecule has 0 spiro atoms. The van der Waals surface area contributed by atoms with Gasteiger partial charge in [-0.25, -0.2) is 9.37 Å². The smallest absolute Gasteiger partial charge is 0.125 e. The van der Waals surface area contributed by atoms with Gasteiger partial charge in [0.2, 0.25) is 0 Å². The van der Waals surface area contributed by atoms with Gasteiger partial charge in [-0.1, -0.05) is 66.7 Å². The van der Waals surface area contributed by atoms with Crippen LogP contribution in [-0.4, -0.2) is 15.1 Å². The standard InChI is InChI=1S/C36H27FN2O/c1-24-19-29(32-18-15-28(23-38-32)26-7-3-2-4-8-26)22-30(20-24)33-10-6-11-34(39-33)36-27(9-5-12-35(36)40)21-25-13-16-31(37)17-14-25/h2-20,22-23,40H,21H2,1H3/i1D3. The van der Waals surface area contributed by atoms with Crippen LogP contribution in [0.5, 0.6) is 5.75 Å². The van der Waals surface area contributed by atoms with Crippen molar-refractivity contribution in [1.29, 1.82) is 0 Å². The van der Waals surface area contributed by atoms with E-state index in [1.54, 1.807) is 42.6 Å². The third-order valence-corrected chi connectivity index (χ3v) is 6.84. The molecule has 0 unspecified atom stereocenters. The van der Waals surface area contributed by atoms with Gasteiger partial charge in [0.25, 0.3) is 0 Å². The number of phenolic OH excluding ortho intramolecular Hbond substituents is 1. The minimum absolute atomic E-state index is 0.0731. The average Bonchev–Trinajstić information content (AvgIpc) is 3.02. The fraction of sp³-hybridized carbons (Fsp3) is 0.0556. The molecule has 0 bridgehead atoms. The van der Waals surface area contributed by atoms with Crippen molar-refractivity contribution >= 4 is 0 Å². The van der Waals surface area contributed by atoms with E-state index < -0.39 is 6.85 Å². The second kappa shape index (κ2) is 11.0. The predicted molar refractivity (Wildman–Crippen MR) is 159 cm³/mol. The summed E-state index contributed by atoms with van der Waals surface area (Å²) in [6.45, 7) is -2.34. The van der Waals surface area contributed by atoms with Gasteiger partial charge in [0, 0.05) is 32.6 Å². The first kappa shape index (κ1) is 21.8. The molecule has 0 radical (unpaired) electrons. The van der Waals surface area contributed by atoms with E-state index in [1.807, 2.05) is 72.8 Å².